The summed E-state index contributed by atoms with van der Waals surface area (Å²) in [5.41, 5.74) is 0.604. The van der Waals surface area contributed by atoms with Crippen molar-refractivity contribution >= 4 is 73.8 Å². The monoisotopic (exact) mass is 1110 g/mol. The van der Waals surface area contributed by atoms with Gasteiger partial charge in [0.25, 0.3) is 0 Å². The maximum atomic E-state index is 12.4. The van der Waals surface area contributed by atoms with Gasteiger partial charge in [0.05, 0.1) is 43.1 Å². The molecule has 12 aliphatic rings. The molecule has 0 spiro atoms. The number of hydrogen-bond acceptors (Lipinski definition) is 11. The second-order valence-corrected chi connectivity index (χ2v) is 36.5. The number of Topliss-reactive ketones (excluding diaryl/α,β-unsaturated/α-hetero) is 4. The average molecular weight is 1120 g/mol. The molecule has 12 bridgehead atoms. The quantitative estimate of drug-likeness (QED) is 0.0547. The predicted molar refractivity (Wildman–Crippen MR) is 311 cm³/mol. The standard InChI is InChI=1S/C14H20O6S.C14H24O.C14H24.3C6H13OS/c1-13(2,21-20-19-17)12(16)18-14-5-8-3-9(6-14)11(15)10(4-8)7-14;1-10(2)4-13-5-11-3-12(6-13)8-14(15,7-11)9-13;1-10(2)6-14-7-11-3-12(8-14)5-13(4-11)9-14;3*1-5(7)6(2)8(3)4/h8-10,17H,3-7H2,1-2H3;10-12,15H,3-9H2,1-2H3;10-13H,3-9H2,1-2H3;3*6H,1-4H3/q;;;3*+1/p-1. The molecule has 0 aliphatic heterocycles. The van der Waals surface area contributed by atoms with Gasteiger partial charge in [-0.05, 0) is 268 Å². The van der Waals surface area contributed by atoms with Gasteiger partial charge in [-0.2, -0.15) is 4.33 Å². The van der Waals surface area contributed by atoms with E-state index >= 15 is 0 Å². The number of esters is 1. The first-order valence-corrected chi connectivity index (χ1v) is 35.6. The third kappa shape index (κ3) is 18.7. The molecule has 0 aromatic heterocycles. The van der Waals surface area contributed by atoms with Crippen LogP contribution in [0, 0.1) is 70.0 Å². The van der Waals surface area contributed by atoms with Gasteiger partial charge in [-0.25, -0.2) is 0 Å². The molecule has 74 heavy (non-hydrogen) atoms. The van der Waals surface area contributed by atoms with E-state index in [9.17, 15) is 34.3 Å². The van der Waals surface area contributed by atoms with Crippen LogP contribution >= 0.6 is 12.0 Å². The molecule has 0 aromatic rings. The lowest BCUT2D eigenvalue weighted by molar-refractivity contribution is -0.777. The molecule has 0 saturated heterocycles. The van der Waals surface area contributed by atoms with Crippen LogP contribution in [0.1, 0.15) is 205 Å². The summed E-state index contributed by atoms with van der Waals surface area (Å²) in [6.07, 6.45) is 36.6. The van der Waals surface area contributed by atoms with Gasteiger partial charge in [0.1, 0.15) is 16.1 Å². The van der Waals surface area contributed by atoms with Gasteiger partial charge in [-0.1, -0.05) is 27.7 Å². The van der Waals surface area contributed by atoms with E-state index in [1.165, 1.54) is 32.1 Å². The summed E-state index contributed by atoms with van der Waals surface area (Å²) in [4.78, 5) is 56.3. The molecule has 12 aliphatic carbocycles. The first kappa shape index (κ1) is 65.9. The van der Waals surface area contributed by atoms with Crippen molar-refractivity contribution in [2.24, 2.45) is 70.0 Å². The van der Waals surface area contributed by atoms with Gasteiger partial charge in [-0.3, -0.25) is 29.0 Å². The fourth-order valence-corrected chi connectivity index (χ4v) is 18.5. The second-order valence-electron chi connectivity index (χ2n) is 27.7. The minimum absolute atomic E-state index is 0.0565. The zero-order valence-electron chi connectivity index (χ0n) is 49.7. The topological polar surface area (TPSA) is 156 Å². The molecular formula is C60H106O10S4+2. The summed E-state index contributed by atoms with van der Waals surface area (Å²) in [7, 11) is 0.780. The normalized spacial score (nSPS) is 35.6. The summed E-state index contributed by atoms with van der Waals surface area (Å²) in [6, 6.07) is 0. The molecule has 14 heteroatoms. The number of aliphatic hydroxyl groups is 1. The van der Waals surface area contributed by atoms with E-state index in [1.807, 2.05) is 20.8 Å². The summed E-state index contributed by atoms with van der Waals surface area (Å²) in [5.74, 6) is 8.29. The molecule has 0 heterocycles. The highest BCUT2D eigenvalue weighted by atomic mass is 32.2. The third-order valence-electron chi connectivity index (χ3n) is 18.8. The lowest BCUT2D eigenvalue weighted by Crippen LogP contribution is -2.57. The molecular weight excluding hydrogens is 1010 g/mol. The van der Waals surface area contributed by atoms with E-state index in [2.05, 4.69) is 74.6 Å². The van der Waals surface area contributed by atoms with Gasteiger partial charge < -0.3 is 15.1 Å². The predicted octanol–water partition coefficient (Wildman–Crippen LogP) is 11.5. The highest BCUT2D eigenvalue weighted by molar-refractivity contribution is 7.97. The van der Waals surface area contributed by atoms with Crippen molar-refractivity contribution in [2.75, 3.05) is 37.5 Å². The summed E-state index contributed by atoms with van der Waals surface area (Å²) in [5, 5.41) is 24.6. The number of ether oxygens (including phenoxy) is 1. The van der Waals surface area contributed by atoms with Gasteiger partial charge in [-0.15, -0.1) is 0 Å². The van der Waals surface area contributed by atoms with Crippen LogP contribution in [-0.4, -0.2) is 103 Å². The third-order valence-corrected chi connectivity index (χ3v) is 24.8. The molecule has 10 nitrogen and oxygen atoms in total. The fourth-order valence-electron chi connectivity index (χ4n) is 16.2. The van der Waals surface area contributed by atoms with Crippen molar-refractivity contribution in [1.82, 2.24) is 0 Å². The first-order chi connectivity index (χ1) is 34.1. The van der Waals surface area contributed by atoms with Gasteiger partial charge in [0.2, 0.25) is 0 Å². The van der Waals surface area contributed by atoms with Gasteiger partial charge in [0, 0.05) is 23.9 Å². The first-order valence-electron chi connectivity index (χ1n) is 28.5. The Hall–Kier alpha value is -0.610. The van der Waals surface area contributed by atoms with Crippen molar-refractivity contribution in [3.8, 4) is 0 Å². The van der Waals surface area contributed by atoms with Crippen molar-refractivity contribution in [3.63, 3.8) is 0 Å². The highest BCUT2D eigenvalue weighted by Gasteiger charge is 2.59. The van der Waals surface area contributed by atoms with E-state index in [0.717, 1.165) is 85.4 Å². The molecule has 428 valence electrons. The molecule has 7 atom stereocenters. The van der Waals surface area contributed by atoms with Crippen molar-refractivity contribution < 1.29 is 48.4 Å². The molecule has 0 amide bonds. The zero-order chi connectivity index (χ0) is 55.9. The van der Waals surface area contributed by atoms with Crippen molar-refractivity contribution in [3.05, 3.63) is 0 Å². The van der Waals surface area contributed by atoms with Gasteiger partial charge in [0.15, 0.2) is 33.1 Å². The molecule has 7 unspecified atom stereocenters. The van der Waals surface area contributed by atoms with Crippen molar-refractivity contribution in [1.29, 1.82) is 0 Å². The lowest BCUT2D eigenvalue weighted by atomic mass is 9.46. The Morgan fingerprint density at radius 2 is 0.932 bits per heavy atom. The fraction of sp³-hybridized carbons (Fsp3) is 0.917. The highest BCUT2D eigenvalue weighted by Crippen LogP contribution is 2.64. The van der Waals surface area contributed by atoms with E-state index in [0.29, 0.717) is 59.4 Å². The maximum absolute atomic E-state index is 12.4. The molecule has 12 saturated carbocycles. The lowest BCUT2D eigenvalue weighted by Gasteiger charge is -2.61. The molecule has 12 fully saturated rings. The van der Waals surface area contributed by atoms with Crippen LogP contribution in [0.15, 0.2) is 0 Å². The van der Waals surface area contributed by atoms with Crippen LogP contribution in [0.5, 0.6) is 0 Å². The Bertz CT molecular complexity index is 1730. The Morgan fingerprint density at radius 3 is 1.26 bits per heavy atom. The Labute approximate surface area is 463 Å². The molecule has 12 rings (SSSR count). The van der Waals surface area contributed by atoms with Gasteiger partial charge >= 0.3 is 5.97 Å². The van der Waals surface area contributed by atoms with E-state index in [4.69, 9.17) is 4.74 Å². The van der Waals surface area contributed by atoms with E-state index in [-0.39, 0.29) is 65.9 Å². The number of ketones is 4. The molecule has 1 N–H and O–H groups in total. The number of carbonyl (C=O) groups excluding carboxylic acids is 5. The zero-order valence-corrected chi connectivity index (χ0v) is 53.0. The Morgan fingerprint density at radius 1 is 0.581 bits per heavy atom. The second kappa shape index (κ2) is 27.7. The minimum atomic E-state index is -1.03. The van der Waals surface area contributed by atoms with Crippen LogP contribution in [0.2, 0.25) is 0 Å². The van der Waals surface area contributed by atoms with Crippen molar-refractivity contribution in [2.45, 2.75) is 237 Å². The number of carbonyl (C=O) groups is 5. The van der Waals surface area contributed by atoms with Crippen LogP contribution in [0.3, 0.4) is 0 Å². The number of hydrogen-bond donors (Lipinski definition) is 1. The van der Waals surface area contributed by atoms with Crippen LogP contribution in [0.25, 0.3) is 0 Å². The summed E-state index contributed by atoms with van der Waals surface area (Å²) >= 11 is 0.640. The van der Waals surface area contributed by atoms with Crippen LogP contribution < -0.4 is 5.26 Å². The largest absolute Gasteiger partial charge is 0.691 e. The SMILES string of the molecule is CC(=O)C(C)[S+](C)C.CC(=O)C(C)[S+](C)C.CC(=O)C(C)[S+](C)C.CC(C)(SOO[O-])C(=O)OC12CC3CC(C1)C(=O)C(C3)C2.CC(C)CC12CC3CC(CC(C3)C1)C2.CC(C)CC12CC3CC(CC(O)(C3)C1)C2. The molecule has 0 radical (unpaired) electrons. The number of rotatable bonds is 15. The van der Waals surface area contributed by atoms with E-state index in [1.54, 1.807) is 73.1 Å². The average Bonchev–Trinajstić information content (AvgIpc) is 3.25. The van der Waals surface area contributed by atoms with Crippen LogP contribution in [-0.2, 0) is 70.8 Å². The Kier molecular flexibility index (Phi) is 24.7. The minimum Gasteiger partial charge on any atom is -0.691 e. The smallest absolute Gasteiger partial charge is 0.324 e. The Balaban J connectivity index is 0.000000201. The maximum Gasteiger partial charge on any atom is 0.324 e. The summed E-state index contributed by atoms with van der Waals surface area (Å²) in [6.45, 7) is 23.6. The van der Waals surface area contributed by atoms with Crippen LogP contribution in [0.4, 0.5) is 0 Å². The van der Waals surface area contributed by atoms with E-state index < -0.39 is 16.3 Å². The summed E-state index contributed by atoms with van der Waals surface area (Å²) < 4.78 is 9.04. The molecule has 0 aromatic carbocycles.